The van der Waals surface area contributed by atoms with E-state index in [-0.39, 0.29) is 0 Å². The van der Waals surface area contributed by atoms with E-state index in [4.69, 9.17) is 0 Å². The van der Waals surface area contributed by atoms with Gasteiger partial charge in [0.25, 0.3) is 0 Å². The molecule has 0 aliphatic heterocycles. The molecule has 114 valence electrons. The van der Waals surface area contributed by atoms with Crippen LogP contribution < -0.4 is 0 Å². The van der Waals surface area contributed by atoms with Gasteiger partial charge in [-0.1, -0.05) is 82.4 Å². The van der Waals surface area contributed by atoms with Gasteiger partial charge in [-0.25, -0.2) is 0 Å². The van der Waals surface area contributed by atoms with Crippen molar-refractivity contribution in [3.8, 4) is 0 Å². The summed E-state index contributed by atoms with van der Waals surface area (Å²) in [6.07, 6.45) is 14.3. The first kappa shape index (κ1) is 17.6. The molecule has 0 atom stereocenters. The van der Waals surface area contributed by atoms with Gasteiger partial charge in [0.05, 0.1) is 0 Å². The average molecular weight is 293 g/mol. The number of unbranched alkanes of at least 4 members (excludes halogenated alkanes) is 9. The normalized spacial score (nSPS) is 10.9. The van der Waals surface area contributed by atoms with Crippen molar-refractivity contribution in [2.45, 2.75) is 83.0 Å². The van der Waals surface area contributed by atoms with Crippen molar-refractivity contribution in [3.05, 3.63) is 29.8 Å². The highest BCUT2D eigenvalue weighted by Crippen LogP contribution is 2.20. The molecule has 0 spiro atoms. The molecule has 0 saturated heterocycles. The topological polar surface area (TPSA) is 0 Å². The lowest BCUT2D eigenvalue weighted by Crippen LogP contribution is -1.84. The zero-order valence-corrected chi connectivity index (χ0v) is 14.3. The Hall–Kier alpha value is -0.430. The van der Waals surface area contributed by atoms with Crippen molar-refractivity contribution >= 4 is 11.8 Å². The van der Waals surface area contributed by atoms with Crippen LogP contribution in [0.3, 0.4) is 0 Å². The van der Waals surface area contributed by atoms with Gasteiger partial charge in [-0.3, -0.25) is 0 Å². The molecule has 0 aliphatic carbocycles. The summed E-state index contributed by atoms with van der Waals surface area (Å²) in [5.74, 6) is 1.28. The Balaban J connectivity index is 1.84. The van der Waals surface area contributed by atoms with Crippen molar-refractivity contribution in [1.82, 2.24) is 0 Å². The molecule has 0 unspecified atom stereocenters. The zero-order valence-electron chi connectivity index (χ0n) is 13.5. The minimum absolute atomic E-state index is 1.28. The van der Waals surface area contributed by atoms with Crippen LogP contribution in [0.25, 0.3) is 0 Å². The third kappa shape index (κ3) is 9.47. The maximum Gasteiger partial charge on any atom is 0.00721 e. The summed E-state index contributed by atoms with van der Waals surface area (Å²) in [5, 5.41) is 0. The predicted molar refractivity (Wildman–Crippen MR) is 93.7 cm³/mol. The van der Waals surface area contributed by atoms with Crippen LogP contribution in [-0.4, -0.2) is 5.75 Å². The second-order valence-corrected chi connectivity index (χ2v) is 7.01. The highest BCUT2D eigenvalue weighted by molar-refractivity contribution is 7.99. The second-order valence-electron chi connectivity index (χ2n) is 5.84. The summed E-state index contributed by atoms with van der Waals surface area (Å²) < 4.78 is 0. The van der Waals surface area contributed by atoms with Crippen LogP contribution in [-0.2, 0) is 0 Å². The van der Waals surface area contributed by atoms with Crippen LogP contribution in [0.5, 0.6) is 0 Å². The molecule has 0 saturated carbocycles. The standard InChI is InChI=1S/C19H32S/c1-3-4-5-6-7-8-9-10-11-12-17-20-19-15-13-18(2)14-16-19/h13-16H,3-12,17H2,1-2H3. The number of rotatable bonds is 12. The molecular weight excluding hydrogens is 260 g/mol. The van der Waals surface area contributed by atoms with Gasteiger partial charge in [-0.2, -0.15) is 0 Å². The zero-order chi connectivity index (χ0) is 14.5. The number of hydrogen-bond donors (Lipinski definition) is 0. The van der Waals surface area contributed by atoms with Gasteiger partial charge in [-0.15, -0.1) is 11.8 Å². The summed E-state index contributed by atoms with van der Waals surface area (Å²) in [4.78, 5) is 1.42. The van der Waals surface area contributed by atoms with Gasteiger partial charge in [0.15, 0.2) is 0 Å². The van der Waals surface area contributed by atoms with E-state index in [1.807, 2.05) is 11.8 Å². The summed E-state index contributed by atoms with van der Waals surface area (Å²) in [6, 6.07) is 8.91. The first-order chi connectivity index (χ1) is 9.83. The molecule has 1 rings (SSSR count). The van der Waals surface area contributed by atoms with Gasteiger partial charge in [0, 0.05) is 4.90 Å². The summed E-state index contributed by atoms with van der Waals surface area (Å²) in [6.45, 7) is 4.44. The Bertz CT molecular complexity index is 315. The summed E-state index contributed by atoms with van der Waals surface area (Å²) >= 11 is 2.01. The lowest BCUT2D eigenvalue weighted by molar-refractivity contribution is 0.563. The maximum absolute atomic E-state index is 2.29. The van der Waals surface area contributed by atoms with Gasteiger partial charge in [-0.05, 0) is 31.2 Å². The van der Waals surface area contributed by atoms with Gasteiger partial charge < -0.3 is 0 Å². The molecule has 0 fully saturated rings. The van der Waals surface area contributed by atoms with Crippen molar-refractivity contribution < 1.29 is 0 Å². The quantitative estimate of drug-likeness (QED) is 0.295. The van der Waals surface area contributed by atoms with Gasteiger partial charge >= 0.3 is 0 Å². The fourth-order valence-electron chi connectivity index (χ4n) is 2.41. The third-order valence-electron chi connectivity index (χ3n) is 3.79. The Morgan fingerprint density at radius 1 is 0.700 bits per heavy atom. The number of aryl methyl sites for hydroxylation is 1. The van der Waals surface area contributed by atoms with E-state index < -0.39 is 0 Å². The first-order valence-corrected chi connectivity index (χ1v) is 9.51. The van der Waals surface area contributed by atoms with E-state index in [1.165, 1.54) is 80.4 Å². The predicted octanol–water partition coefficient (Wildman–Crippen LogP) is 7.01. The lowest BCUT2D eigenvalue weighted by atomic mass is 10.1. The fourth-order valence-corrected chi connectivity index (χ4v) is 3.33. The van der Waals surface area contributed by atoms with Crippen molar-refractivity contribution in [2.75, 3.05) is 5.75 Å². The largest absolute Gasteiger partial charge is 0.126 e. The number of thioether (sulfide) groups is 1. The molecule has 20 heavy (non-hydrogen) atoms. The average Bonchev–Trinajstić information content (AvgIpc) is 2.47. The Morgan fingerprint density at radius 2 is 1.20 bits per heavy atom. The number of benzene rings is 1. The molecule has 1 heteroatoms. The molecule has 0 nitrogen and oxygen atoms in total. The van der Waals surface area contributed by atoms with Crippen LogP contribution in [0.15, 0.2) is 29.2 Å². The van der Waals surface area contributed by atoms with Crippen LogP contribution in [0.4, 0.5) is 0 Å². The minimum Gasteiger partial charge on any atom is -0.126 e. The third-order valence-corrected chi connectivity index (χ3v) is 4.89. The monoisotopic (exact) mass is 292 g/mol. The number of hydrogen-bond acceptors (Lipinski definition) is 1. The van der Waals surface area contributed by atoms with Gasteiger partial charge in [0.1, 0.15) is 0 Å². The molecule has 1 aromatic carbocycles. The molecule has 1 aromatic rings. The molecule has 0 amide bonds. The van der Waals surface area contributed by atoms with E-state index in [0.717, 1.165) is 0 Å². The van der Waals surface area contributed by atoms with Crippen LogP contribution in [0.1, 0.15) is 76.7 Å². The molecule has 0 N–H and O–H groups in total. The van der Waals surface area contributed by atoms with Crippen molar-refractivity contribution in [1.29, 1.82) is 0 Å². The van der Waals surface area contributed by atoms with Crippen molar-refractivity contribution in [2.24, 2.45) is 0 Å². The Morgan fingerprint density at radius 3 is 1.75 bits per heavy atom. The SMILES string of the molecule is CCCCCCCCCCCCSc1ccc(C)cc1. The Labute approximate surface area is 130 Å². The smallest absolute Gasteiger partial charge is 0.00721 e. The molecule has 0 heterocycles. The van der Waals surface area contributed by atoms with E-state index in [2.05, 4.69) is 38.1 Å². The van der Waals surface area contributed by atoms with Crippen LogP contribution in [0, 0.1) is 6.92 Å². The fraction of sp³-hybridized carbons (Fsp3) is 0.684. The van der Waals surface area contributed by atoms with Crippen LogP contribution in [0.2, 0.25) is 0 Å². The lowest BCUT2D eigenvalue weighted by Gasteiger charge is -2.03. The maximum atomic E-state index is 2.29. The van der Waals surface area contributed by atoms with E-state index in [1.54, 1.807) is 0 Å². The minimum atomic E-state index is 1.28. The molecule has 0 radical (unpaired) electrons. The van der Waals surface area contributed by atoms with E-state index >= 15 is 0 Å². The molecule has 0 aliphatic rings. The Kier molecular flexibility index (Phi) is 10.9. The highest BCUT2D eigenvalue weighted by atomic mass is 32.2. The molecular formula is C19H32S. The second kappa shape index (κ2) is 12.3. The highest BCUT2D eigenvalue weighted by Gasteiger charge is 1.95. The summed E-state index contributed by atoms with van der Waals surface area (Å²) in [7, 11) is 0. The van der Waals surface area contributed by atoms with Crippen molar-refractivity contribution in [3.63, 3.8) is 0 Å². The molecule has 0 bridgehead atoms. The van der Waals surface area contributed by atoms with Crippen LogP contribution >= 0.6 is 11.8 Å². The first-order valence-electron chi connectivity index (χ1n) is 8.52. The van der Waals surface area contributed by atoms with E-state index in [0.29, 0.717) is 0 Å². The van der Waals surface area contributed by atoms with Gasteiger partial charge in [0.2, 0.25) is 0 Å². The van der Waals surface area contributed by atoms with E-state index in [9.17, 15) is 0 Å². The molecule has 0 aromatic heterocycles. The summed E-state index contributed by atoms with van der Waals surface area (Å²) in [5.41, 5.74) is 1.35.